The quantitative estimate of drug-likeness (QED) is 0.845. The maximum atomic E-state index is 4.22. The van der Waals surface area contributed by atoms with Gasteiger partial charge in [-0.1, -0.05) is 28.1 Å². The molecule has 0 saturated heterocycles. The van der Waals surface area contributed by atoms with E-state index in [4.69, 9.17) is 0 Å². The fourth-order valence-electron chi connectivity index (χ4n) is 2.17. The van der Waals surface area contributed by atoms with Gasteiger partial charge in [0, 0.05) is 27.4 Å². The van der Waals surface area contributed by atoms with Crippen molar-refractivity contribution in [1.82, 2.24) is 10.3 Å². The lowest BCUT2D eigenvalue weighted by atomic mass is 9.96. The van der Waals surface area contributed by atoms with Crippen LogP contribution in [0.3, 0.4) is 0 Å². The van der Waals surface area contributed by atoms with Gasteiger partial charge in [-0.2, -0.15) is 0 Å². The van der Waals surface area contributed by atoms with Gasteiger partial charge in [-0.3, -0.25) is 4.98 Å². The molecule has 0 aliphatic rings. The predicted molar refractivity (Wildman–Crippen MR) is 86.3 cm³/mol. The van der Waals surface area contributed by atoms with Gasteiger partial charge in [-0.15, -0.1) is 0 Å². The summed E-state index contributed by atoms with van der Waals surface area (Å²) >= 11 is 7.06. The molecule has 0 saturated carbocycles. The summed E-state index contributed by atoms with van der Waals surface area (Å²) < 4.78 is 2.17. The molecule has 1 unspecified atom stereocenters. The number of pyridine rings is 1. The number of hydrogen-bond acceptors (Lipinski definition) is 2. The van der Waals surface area contributed by atoms with Gasteiger partial charge in [0.05, 0.1) is 0 Å². The van der Waals surface area contributed by atoms with E-state index < -0.39 is 0 Å². The van der Waals surface area contributed by atoms with Gasteiger partial charge in [0.25, 0.3) is 0 Å². The summed E-state index contributed by atoms with van der Waals surface area (Å²) in [5.41, 5.74) is 3.81. The molecule has 0 bridgehead atoms. The van der Waals surface area contributed by atoms with Gasteiger partial charge in [-0.05, 0) is 65.1 Å². The minimum absolute atomic E-state index is 0.286. The Morgan fingerprint density at radius 3 is 2.74 bits per heavy atom. The fraction of sp³-hybridized carbons (Fsp3) is 0.267. The van der Waals surface area contributed by atoms with E-state index in [-0.39, 0.29) is 6.04 Å². The first-order chi connectivity index (χ1) is 9.11. The average molecular weight is 384 g/mol. The van der Waals surface area contributed by atoms with Crippen molar-refractivity contribution in [2.24, 2.45) is 0 Å². The van der Waals surface area contributed by atoms with Crippen molar-refractivity contribution in [2.75, 3.05) is 7.05 Å². The first kappa shape index (κ1) is 14.7. The van der Waals surface area contributed by atoms with E-state index in [1.165, 1.54) is 16.7 Å². The molecule has 0 amide bonds. The zero-order valence-electron chi connectivity index (χ0n) is 11.0. The van der Waals surface area contributed by atoms with Crippen LogP contribution in [0.1, 0.15) is 22.7 Å². The van der Waals surface area contributed by atoms with Crippen LogP contribution in [0.4, 0.5) is 0 Å². The van der Waals surface area contributed by atoms with Crippen LogP contribution in [-0.2, 0) is 6.42 Å². The lowest BCUT2D eigenvalue weighted by Crippen LogP contribution is -2.20. The summed E-state index contributed by atoms with van der Waals surface area (Å²) in [5.74, 6) is 0. The second-order valence-corrected chi connectivity index (χ2v) is 6.28. The lowest BCUT2D eigenvalue weighted by Gasteiger charge is -2.19. The Balaban J connectivity index is 2.28. The van der Waals surface area contributed by atoms with Gasteiger partial charge in [0.2, 0.25) is 0 Å². The molecule has 1 aromatic carbocycles. The van der Waals surface area contributed by atoms with E-state index >= 15 is 0 Å². The first-order valence-electron chi connectivity index (χ1n) is 6.13. The first-order valence-corrected chi connectivity index (χ1v) is 7.72. The van der Waals surface area contributed by atoms with E-state index in [0.29, 0.717) is 0 Å². The summed E-state index contributed by atoms with van der Waals surface area (Å²) in [4.78, 5) is 4.22. The second kappa shape index (κ2) is 6.64. The van der Waals surface area contributed by atoms with Gasteiger partial charge < -0.3 is 5.32 Å². The van der Waals surface area contributed by atoms with Crippen LogP contribution >= 0.6 is 31.9 Å². The third kappa shape index (κ3) is 3.65. The van der Waals surface area contributed by atoms with Crippen molar-refractivity contribution < 1.29 is 0 Å². The summed E-state index contributed by atoms with van der Waals surface area (Å²) in [7, 11) is 2.00. The van der Waals surface area contributed by atoms with Crippen LogP contribution < -0.4 is 5.32 Å². The van der Waals surface area contributed by atoms with Crippen molar-refractivity contribution in [1.29, 1.82) is 0 Å². The van der Waals surface area contributed by atoms with Crippen molar-refractivity contribution in [3.8, 4) is 0 Å². The minimum Gasteiger partial charge on any atom is -0.313 e. The lowest BCUT2D eigenvalue weighted by molar-refractivity contribution is 0.587. The van der Waals surface area contributed by atoms with Gasteiger partial charge >= 0.3 is 0 Å². The zero-order chi connectivity index (χ0) is 13.8. The minimum atomic E-state index is 0.286. The molecule has 0 radical (unpaired) electrons. The van der Waals surface area contributed by atoms with Crippen molar-refractivity contribution in [2.45, 2.75) is 19.4 Å². The van der Waals surface area contributed by atoms with E-state index in [9.17, 15) is 0 Å². The molecule has 0 aliphatic heterocycles. The number of likely N-dealkylation sites (N-methyl/N-ethyl adjacent to an activating group) is 1. The van der Waals surface area contributed by atoms with Crippen LogP contribution in [0.15, 0.2) is 45.6 Å². The molecule has 4 heteroatoms. The monoisotopic (exact) mass is 382 g/mol. The molecule has 0 aliphatic carbocycles. The van der Waals surface area contributed by atoms with E-state index in [0.717, 1.165) is 15.4 Å². The Hall–Kier alpha value is -0.710. The topological polar surface area (TPSA) is 24.9 Å². The van der Waals surface area contributed by atoms with Crippen molar-refractivity contribution >= 4 is 31.9 Å². The third-order valence-corrected chi connectivity index (χ3v) is 4.53. The van der Waals surface area contributed by atoms with Gasteiger partial charge in [0.15, 0.2) is 0 Å². The third-order valence-electron chi connectivity index (χ3n) is 3.23. The smallest absolute Gasteiger partial charge is 0.0410 e. The number of nitrogens with one attached hydrogen (secondary N) is 1. The van der Waals surface area contributed by atoms with Crippen LogP contribution in [0, 0.1) is 6.92 Å². The Bertz CT molecular complexity index is 570. The average Bonchev–Trinajstić information content (AvgIpc) is 2.40. The number of aromatic nitrogens is 1. The van der Waals surface area contributed by atoms with E-state index in [1.807, 2.05) is 19.4 Å². The normalized spacial score (nSPS) is 12.4. The Labute approximate surface area is 130 Å². The fourth-order valence-corrected chi connectivity index (χ4v) is 2.97. The highest BCUT2D eigenvalue weighted by Crippen LogP contribution is 2.27. The molecule has 1 atom stereocenters. The van der Waals surface area contributed by atoms with Gasteiger partial charge in [-0.25, -0.2) is 0 Å². The standard InChI is InChI=1S/C15H16Br2N2/c1-10-13(4-3-5-14(10)17)15(18-2)7-11-6-12(16)9-19-8-11/h3-6,8-9,15,18H,7H2,1-2H3. The van der Waals surface area contributed by atoms with Crippen LogP contribution in [-0.4, -0.2) is 12.0 Å². The zero-order valence-corrected chi connectivity index (χ0v) is 14.1. The van der Waals surface area contributed by atoms with Crippen molar-refractivity contribution in [3.05, 3.63) is 62.3 Å². The molecule has 19 heavy (non-hydrogen) atoms. The maximum absolute atomic E-state index is 4.22. The van der Waals surface area contributed by atoms with Crippen LogP contribution in [0.5, 0.6) is 0 Å². The van der Waals surface area contributed by atoms with Crippen LogP contribution in [0.25, 0.3) is 0 Å². The van der Waals surface area contributed by atoms with E-state index in [1.54, 1.807) is 0 Å². The second-order valence-electron chi connectivity index (χ2n) is 4.51. The molecule has 2 aromatic rings. The SMILES string of the molecule is CNC(Cc1cncc(Br)c1)c1cccc(Br)c1C. The van der Waals surface area contributed by atoms with Crippen molar-refractivity contribution in [3.63, 3.8) is 0 Å². The molecular formula is C15H16Br2N2. The number of halogens is 2. The summed E-state index contributed by atoms with van der Waals surface area (Å²) in [6, 6.07) is 8.73. The Morgan fingerprint density at radius 1 is 1.26 bits per heavy atom. The number of benzene rings is 1. The number of hydrogen-bond donors (Lipinski definition) is 1. The highest BCUT2D eigenvalue weighted by molar-refractivity contribution is 9.10. The molecule has 1 N–H and O–H groups in total. The molecule has 100 valence electrons. The molecule has 0 fully saturated rings. The molecule has 1 aromatic heterocycles. The largest absolute Gasteiger partial charge is 0.313 e. The molecular weight excluding hydrogens is 368 g/mol. The summed E-state index contributed by atoms with van der Waals surface area (Å²) in [5, 5.41) is 3.39. The molecule has 1 heterocycles. The highest BCUT2D eigenvalue weighted by Gasteiger charge is 2.14. The van der Waals surface area contributed by atoms with Crippen LogP contribution in [0.2, 0.25) is 0 Å². The predicted octanol–water partition coefficient (Wildman–Crippen LogP) is 4.42. The molecule has 0 spiro atoms. The summed E-state index contributed by atoms with van der Waals surface area (Å²) in [6.45, 7) is 2.14. The number of nitrogens with zero attached hydrogens (tertiary/aromatic N) is 1. The molecule has 2 nitrogen and oxygen atoms in total. The van der Waals surface area contributed by atoms with E-state index in [2.05, 4.69) is 73.3 Å². The summed E-state index contributed by atoms with van der Waals surface area (Å²) in [6.07, 6.45) is 4.64. The maximum Gasteiger partial charge on any atom is 0.0410 e. The van der Waals surface area contributed by atoms with Gasteiger partial charge in [0.1, 0.15) is 0 Å². The molecule has 2 rings (SSSR count). The Kier molecular flexibility index (Phi) is 5.13. The Morgan fingerprint density at radius 2 is 2.05 bits per heavy atom. The highest BCUT2D eigenvalue weighted by atomic mass is 79.9. The number of rotatable bonds is 4.